The first-order valence-electron chi connectivity index (χ1n) is 7.68. The van der Waals surface area contributed by atoms with Gasteiger partial charge < -0.3 is 10.2 Å². The van der Waals surface area contributed by atoms with E-state index in [0.717, 1.165) is 12.1 Å². The van der Waals surface area contributed by atoms with Crippen LogP contribution in [0, 0.1) is 0 Å². The summed E-state index contributed by atoms with van der Waals surface area (Å²) < 4.78 is 0. The van der Waals surface area contributed by atoms with E-state index in [-0.39, 0.29) is 26.4 Å². The van der Waals surface area contributed by atoms with Crippen LogP contribution >= 0.6 is 0 Å². The minimum absolute atomic E-state index is 0.0888. The second-order valence-corrected chi connectivity index (χ2v) is 4.85. The highest BCUT2D eigenvalue weighted by molar-refractivity contribution is 5.43. The van der Waals surface area contributed by atoms with Crippen LogP contribution in [0.2, 0.25) is 0 Å². The zero-order valence-electron chi connectivity index (χ0n) is 12.8. The normalized spacial score (nSPS) is 10.8. The summed E-state index contributed by atoms with van der Waals surface area (Å²) >= 11 is 0. The lowest BCUT2D eigenvalue weighted by Gasteiger charge is -2.22. The van der Waals surface area contributed by atoms with Crippen LogP contribution in [0.5, 0.6) is 0 Å². The molecule has 0 fully saturated rings. The second-order valence-electron chi connectivity index (χ2n) is 4.85. The lowest BCUT2D eigenvalue weighted by Crippen LogP contribution is -2.27. The van der Waals surface area contributed by atoms with E-state index in [1.54, 1.807) is 0 Å². The third-order valence-electron chi connectivity index (χ3n) is 3.07. The highest BCUT2D eigenvalue weighted by Crippen LogP contribution is 2.17. The smallest absolute Gasteiger partial charge is 0.101 e. The summed E-state index contributed by atoms with van der Waals surface area (Å²) in [6.45, 7) is 2.32. The molecular weight excluding hydrogens is 270 g/mol. The lowest BCUT2D eigenvalue weighted by atomic mass is 10.1. The molecule has 2 N–H and O–H groups in total. The van der Waals surface area contributed by atoms with Gasteiger partial charge in [0.05, 0.1) is 18.9 Å². The average molecular weight is 297 g/mol. The number of nitrogens with zero attached hydrogens (tertiary/aromatic N) is 1. The molecule has 0 radical (unpaired) electrons. The monoisotopic (exact) mass is 297 g/mol. The molecule has 5 nitrogen and oxygen atoms in total. The molecule has 0 amide bonds. The van der Waals surface area contributed by atoms with Crippen molar-refractivity contribution in [2.45, 2.75) is 39.0 Å². The largest absolute Gasteiger partial charge is 0.394 e. The summed E-state index contributed by atoms with van der Waals surface area (Å²) in [5.41, 5.74) is 2.04. The molecule has 0 unspecified atom stereocenters. The maximum Gasteiger partial charge on any atom is 0.101 e. The number of anilines is 1. The first-order valence-corrected chi connectivity index (χ1v) is 7.68. The van der Waals surface area contributed by atoms with Gasteiger partial charge in [-0.05, 0) is 30.5 Å². The number of hydrogen-bond acceptors (Lipinski definition) is 5. The molecule has 0 bridgehead atoms. The molecule has 0 saturated carbocycles. The predicted octanol–water partition coefficient (Wildman–Crippen LogP) is 2.46. The van der Waals surface area contributed by atoms with Crippen molar-refractivity contribution in [3.8, 4) is 0 Å². The van der Waals surface area contributed by atoms with E-state index >= 15 is 0 Å². The van der Waals surface area contributed by atoms with E-state index in [9.17, 15) is 0 Å². The molecule has 120 valence electrons. The molecule has 0 saturated heterocycles. The lowest BCUT2D eigenvalue weighted by molar-refractivity contribution is -0.103. The SMILES string of the molecule is CCCCCCc1ccc(N(OCCO)OCCO)cc1. The molecule has 1 rings (SSSR count). The zero-order chi connectivity index (χ0) is 15.3. The molecule has 5 heteroatoms. The predicted molar refractivity (Wildman–Crippen MR) is 82.8 cm³/mol. The zero-order valence-corrected chi connectivity index (χ0v) is 12.8. The number of rotatable bonds is 12. The van der Waals surface area contributed by atoms with Crippen molar-refractivity contribution < 1.29 is 19.9 Å². The van der Waals surface area contributed by atoms with Crippen LogP contribution in [-0.2, 0) is 16.1 Å². The average Bonchev–Trinajstić information content (AvgIpc) is 2.53. The molecule has 0 spiro atoms. The minimum atomic E-state index is -0.0888. The Labute approximate surface area is 127 Å². The summed E-state index contributed by atoms with van der Waals surface area (Å²) in [6.07, 6.45) is 6.09. The Kier molecular flexibility index (Phi) is 9.82. The van der Waals surface area contributed by atoms with Crippen LogP contribution in [-0.4, -0.2) is 36.6 Å². The highest BCUT2D eigenvalue weighted by Gasteiger charge is 2.08. The quantitative estimate of drug-likeness (QED) is 0.458. The van der Waals surface area contributed by atoms with E-state index in [0.29, 0.717) is 0 Å². The number of benzene rings is 1. The van der Waals surface area contributed by atoms with Gasteiger partial charge in [-0.25, -0.2) is 9.68 Å². The molecule has 0 aliphatic carbocycles. The Morgan fingerprint density at radius 2 is 1.52 bits per heavy atom. The van der Waals surface area contributed by atoms with Gasteiger partial charge in [-0.2, -0.15) is 0 Å². The molecule has 1 aromatic carbocycles. The second kappa shape index (κ2) is 11.5. The van der Waals surface area contributed by atoms with Crippen LogP contribution in [0.15, 0.2) is 24.3 Å². The van der Waals surface area contributed by atoms with Gasteiger partial charge in [-0.15, -0.1) is 5.23 Å². The van der Waals surface area contributed by atoms with E-state index in [1.165, 1.54) is 36.5 Å². The van der Waals surface area contributed by atoms with Crippen LogP contribution in [0.1, 0.15) is 38.2 Å². The number of aliphatic hydroxyl groups excluding tert-OH is 2. The third kappa shape index (κ3) is 7.43. The summed E-state index contributed by atoms with van der Waals surface area (Å²) in [7, 11) is 0. The Morgan fingerprint density at radius 1 is 0.905 bits per heavy atom. The standard InChI is InChI=1S/C16H27NO4/c1-2-3-4-5-6-15-7-9-16(10-8-15)17(20-13-11-18)21-14-12-19/h7-10,18-19H,2-6,11-14H2,1H3. The highest BCUT2D eigenvalue weighted by atomic mass is 16.9. The van der Waals surface area contributed by atoms with Crippen LogP contribution < -0.4 is 5.23 Å². The number of hydrogen-bond donors (Lipinski definition) is 2. The molecule has 0 aliphatic rings. The molecule has 0 atom stereocenters. The molecule has 21 heavy (non-hydrogen) atoms. The van der Waals surface area contributed by atoms with Crippen molar-refractivity contribution in [3.05, 3.63) is 29.8 Å². The summed E-state index contributed by atoms with van der Waals surface area (Å²) in [5.74, 6) is 0. The molecule has 0 aliphatic heterocycles. The number of aliphatic hydroxyl groups is 2. The van der Waals surface area contributed by atoms with Gasteiger partial charge in [0.2, 0.25) is 0 Å². The Balaban J connectivity index is 2.51. The maximum absolute atomic E-state index is 8.82. The third-order valence-corrected chi connectivity index (χ3v) is 3.07. The topological polar surface area (TPSA) is 62.2 Å². The summed E-state index contributed by atoms with van der Waals surface area (Å²) in [4.78, 5) is 10.6. The van der Waals surface area contributed by atoms with Crippen molar-refractivity contribution in [1.82, 2.24) is 0 Å². The summed E-state index contributed by atoms with van der Waals surface area (Å²) in [6, 6.07) is 7.95. The Bertz CT molecular complexity index is 348. The number of aryl methyl sites for hydroxylation is 1. The molecule has 0 aromatic heterocycles. The van der Waals surface area contributed by atoms with Crippen molar-refractivity contribution in [3.63, 3.8) is 0 Å². The Morgan fingerprint density at radius 3 is 2.05 bits per heavy atom. The van der Waals surface area contributed by atoms with Crippen LogP contribution in [0.3, 0.4) is 0 Å². The first-order chi connectivity index (χ1) is 10.3. The van der Waals surface area contributed by atoms with Crippen molar-refractivity contribution >= 4 is 5.69 Å². The van der Waals surface area contributed by atoms with Gasteiger partial charge in [0.15, 0.2) is 0 Å². The van der Waals surface area contributed by atoms with Crippen molar-refractivity contribution in [1.29, 1.82) is 0 Å². The fourth-order valence-corrected chi connectivity index (χ4v) is 1.97. The fraction of sp³-hybridized carbons (Fsp3) is 0.625. The molecule has 1 aromatic rings. The number of unbranched alkanes of at least 4 members (excludes halogenated alkanes) is 3. The summed E-state index contributed by atoms with van der Waals surface area (Å²) in [5, 5.41) is 18.9. The minimum Gasteiger partial charge on any atom is -0.394 e. The van der Waals surface area contributed by atoms with Gasteiger partial charge in [0, 0.05) is 0 Å². The molecular formula is C16H27NO4. The van der Waals surface area contributed by atoms with Gasteiger partial charge in [0.25, 0.3) is 0 Å². The van der Waals surface area contributed by atoms with E-state index < -0.39 is 0 Å². The van der Waals surface area contributed by atoms with Gasteiger partial charge in [0.1, 0.15) is 13.2 Å². The molecule has 0 heterocycles. The fourth-order valence-electron chi connectivity index (χ4n) is 1.97. The van der Waals surface area contributed by atoms with Crippen molar-refractivity contribution in [2.75, 3.05) is 31.7 Å². The first kappa shape index (κ1) is 17.9. The van der Waals surface area contributed by atoms with E-state index in [1.807, 2.05) is 12.1 Å². The van der Waals surface area contributed by atoms with Crippen LogP contribution in [0.4, 0.5) is 5.69 Å². The van der Waals surface area contributed by atoms with Crippen LogP contribution in [0.25, 0.3) is 0 Å². The van der Waals surface area contributed by atoms with Gasteiger partial charge in [-0.1, -0.05) is 38.3 Å². The van der Waals surface area contributed by atoms with E-state index in [2.05, 4.69) is 19.1 Å². The van der Waals surface area contributed by atoms with Crippen molar-refractivity contribution in [2.24, 2.45) is 0 Å². The van der Waals surface area contributed by atoms with E-state index in [4.69, 9.17) is 19.9 Å². The maximum atomic E-state index is 8.82. The van der Waals surface area contributed by atoms with Gasteiger partial charge >= 0.3 is 0 Å². The van der Waals surface area contributed by atoms with Gasteiger partial charge in [-0.3, -0.25) is 0 Å². The Hall–Kier alpha value is -1.14.